The van der Waals surface area contributed by atoms with Crippen molar-refractivity contribution in [3.8, 4) is 0 Å². The SMILES string of the molecule is CC(C)(O)C(C)(C)O[B]/C=C/CN1CCOCC1. The fourth-order valence-electron chi connectivity index (χ4n) is 1.40. The van der Waals surface area contributed by atoms with Crippen LogP contribution in [0.2, 0.25) is 0 Å². The lowest BCUT2D eigenvalue weighted by molar-refractivity contribution is -0.0894. The quantitative estimate of drug-likeness (QED) is 0.718. The van der Waals surface area contributed by atoms with E-state index in [0.717, 1.165) is 32.8 Å². The van der Waals surface area contributed by atoms with Gasteiger partial charge in [-0.05, 0) is 27.7 Å². The van der Waals surface area contributed by atoms with Gasteiger partial charge in [0.1, 0.15) is 0 Å². The van der Waals surface area contributed by atoms with Crippen LogP contribution in [0.15, 0.2) is 12.1 Å². The van der Waals surface area contributed by atoms with Gasteiger partial charge in [0.15, 0.2) is 0 Å². The van der Waals surface area contributed by atoms with Gasteiger partial charge < -0.3 is 14.5 Å². The highest BCUT2D eigenvalue weighted by Gasteiger charge is 2.35. The minimum Gasteiger partial charge on any atom is -0.427 e. The lowest BCUT2D eigenvalue weighted by atomic mass is 9.86. The molecule has 4 nitrogen and oxygen atoms in total. The summed E-state index contributed by atoms with van der Waals surface area (Å²) in [4.78, 5) is 2.33. The van der Waals surface area contributed by atoms with Gasteiger partial charge in [-0.1, -0.05) is 12.1 Å². The molecule has 1 fully saturated rings. The number of aliphatic hydroxyl groups is 1. The molecule has 1 saturated heterocycles. The lowest BCUT2D eigenvalue weighted by Crippen LogP contribution is -2.47. The smallest absolute Gasteiger partial charge is 0.322 e. The van der Waals surface area contributed by atoms with Crippen molar-refractivity contribution in [1.29, 1.82) is 0 Å². The minimum absolute atomic E-state index is 0.601. The zero-order valence-corrected chi connectivity index (χ0v) is 12.0. The van der Waals surface area contributed by atoms with Gasteiger partial charge in [-0.3, -0.25) is 4.90 Å². The largest absolute Gasteiger partial charge is 0.427 e. The number of morpholine rings is 1. The summed E-state index contributed by atoms with van der Waals surface area (Å²) in [5.41, 5.74) is -1.47. The van der Waals surface area contributed by atoms with Gasteiger partial charge in [-0.15, -0.1) is 0 Å². The topological polar surface area (TPSA) is 41.9 Å². The van der Waals surface area contributed by atoms with Gasteiger partial charge in [0, 0.05) is 19.6 Å². The third kappa shape index (κ3) is 5.10. The second-order valence-electron chi connectivity index (χ2n) is 5.66. The maximum atomic E-state index is 9.91. The Morgan fingerprint density at radius 1 is 1.28 bits per heavy atom. The molecule has 0 aliphatic carbocycles. The van der Waals surface area contributed by atoms with E-state index in [1.807, 2.05) is 19.8 Å². The van der Waals surface area contributed by atoms with Gasteiger partial charge in [0.05, 0.1) is 24.4 Å². The molecule has 1 heterocycles. The molecule has 0 spiro atoms. The number of hydrogen-bond donors (Lipinski definition) is 1. The van der Waals surface area contributed by atoms with E-state index in [9.17, 15) is 5.11 Å². The van der Waals surface area contributed by atoms with E-state index in [4.69, 9.17) is 9.39 Å². The predicted octanol–water partition coefficient (Wildman–Crippen LogP) is 1.02. The van der Waals surface area contributed by atoms with Crippen LogP contribution in [0.4, 0.5) is 0 Å². The fourth-order valence-corrected chi connectivity index (χ4v) is 1.40. The van der Waals surface area contributed by atoms with Crippen molar-refractivity contribution < 1.29 is 14.5 Å². The van der Waals surface area contributed by atoms with Crippen LogP contribution in [0.5, 0.6) is 0 Å². The van der Waals surface area contributed by atoms with E-state index < -0.39 is 11.2 Å². The third-order valence-corrected chi connectivity index (χ3v) is 3.52. The lowest BCUT2D eigenvalue weighted by Gasteiger charge is -2.37. The van der Waals surface area contributed by atoms with Crippen molar-refractivity contribution in [2.75, 3.05) is 32.8 Å². The number of nitrogens with zero attached hydrogens (tertiary/aromatic N) is 1. The van der Waals surface area contributed by atoms with Crippen LogP contribution in [0.3, 0.4) is 0 Å². The number of rotatable bonds is 6. The van der Waals surface area contributed by atoms with E-state index in [-0.39, 0.29) is 0 Å². The summed E-state index contributed by atoms with van der Waals surface area (Å²) < 4.78 is 10.9. The van der Waals surface area contributed by atoms with E-state index in [2.05, 4.69) is 11.0 Å². The molecule has 1 radical (unpaired) electrons. The second kappa shape index (κ2) is 6.71. The average Bonchev–Trinajstić information content (AvgIpc) is 2.28. The molecule has 0 atom stereocenters. The highest BCUT2D eigenvalue weighted by Crippen LogP contribution is 2.24. The van der Waals surface area contributed by atoms with Crippen LogP contribution in [0, 0.1) is 0 Å². The zero-order chi connectivity index (χ0) is 13.6. The molecule has 1 aliphatic rings. The van der Waals surface area contributed by atoms with E-state index in [0.29, 0.717) is 0 Å². The normalized spacial score (nSPS) is 19.4. The van der Waals surface area contributed by atoms with Crippen LogP contribution in [0.25, 0.3) is 0 Å². The molecule has 0 amide bonds. The Bertz CT molecular complexity index is 268. The predicted molar refractivity (Wildman–Crippen MR) is 73.6 cm³/mol. The van der Waals surface area contributed by atoms with Crippen LogP contribution in [0.1, 0.15) is 27.7 Å². The Labute approximate surface area is 111 Å². The Hall–Kier alpha value is -0.355. The van der Waals surface area contributed by atoms with Gasteiger partial charge in [-0.2, -0.15) is 0 Å². The molecule has 1 rings (SSSR count). The van der Waals surface area contributed by atoms with Gasteiger partial charge in [0.25, 0.3) is 0 Å². The first-order valence-electron chi connectivity index (χ1n) is 6.51. The van der Waals surface area contributed by atoms with Gasteiger partial charge in [0.2, 0.25) is 0 Å². The van der Waals surface area contributed by atoms with Crippen molar-refractivity contribution >= 4 is 7.48 Å². The van der Waals surface area contributed by atoms with Crippen LogP contribution < -0.4 is 0 Å². The molecule has 0 unspecified atom stereocenters. The maximum Gasteiger partial charge on any atom is 0.322 e. The van der Waals surface area contributed by atoms with E-state index >= 15 is 0 Å². The monoisotopic (exact) mass is 254 g/mol. The molecule has 5 heteroatoms. The second-order valence-corrected chi connectivity index (χ2v) is 5.66. The summed E-state index contributed by atoms with van der Waals surface area (Å²) in [5, 5.41) is 9.91. The first kappa shape index (κ1) is 15.7. The van der Waals surface area contributed by atoms with Gasteiger partial charge >= 0.3 is 7.48 Å². The molecule has 1 aliphatic heterocycles. The van der Waals surface area contributed by atoms with E-state index in [1.165, 1.54) is 0 Å². The molecule has 103 valence electrons. The molecule has 0 bridgehead atoms. The van der Waals surface area contributed by atoms with Crippen molar-refractivity contribution in [2.24, 2.45) is 0 Å². The van der Waals surface area contributed by atoms with Crippen LogP contribution in [-0.2, 0) is 9.39 Å². The summed E-state index contributed by atoms with van der Waals surface area (Å²) in [5.74, 6) is 1.89. The Morgan fingerprint density at radius 2 is 1.89 bits per heavy atom. The molecular weight excluding hydrogens is 229 g/mol. The first-order chi connectivity index (χ1) is 8.33. The van der Waals surface area contributed by atoms with Crippen molar-refractivity contribution in [2.45, 2.75) is 38.9 Å². The summed E-state index contributed by atoms with van der Waals surface area (Å²) >= 11 is 0. The molecule has 0 aromatic carbocycles. The molecular formula is C13H25BNO3. The Balaban J connectivity index is 2.20. The number of ether oxygens (including phenoxy) is 1. The minimum atomic E-state index is -0.873. The Morgan fingerprint density at radius 3 is 2.44 bits per heavy atom. The van der Waals surface area contributed by atoms with Crippen molar-refractivity contribution in [3.63, 3.8) is 0 Å². The van der Waals surface area contributed by atoms with Crippen LogP contribution in [-0.4, -0.2) is 61.5 Å². The summed E-state index contributed by atoms with van der Waals surface area (Å²) in [7, 11) is 1.65. The third-order valence-electron chi connectivity index (χ3n) is 3.52. The van der Waals surface area contributed by atoms with Crippen molar-refractivity contribution in [1.82, 2.24) is 4.90 Å². The fraction of sp³-hybridized carbons (Fsp3) is 0.846. The zero-order valence-electron chi connectivity index (χ0n) is 12.0. The summed E-state index contributed by atoms with van der Waals surface area (Å²) in [6.45, 7) is 11.8. The Kier molecular flexibility index (Phi) is 5.85. The van der Waals surface area contributed by atoms with E-state index in [1.54, 1.807) is 21.3 Å². The average molecular weight is 254 g/mol. The summed E-state index contributed by atoms with van der Waals surface area (Å²) in [6.07, 6.45) is 2.06. The standard InChI is InChI=1S/C13H25BNO3/c1-12(2,16)13(3,4)18-14-6-5-7-15-8-10-17-11-9-15/h5-6,16H,7-11H2,1-4H3/b6-5+. The molecule has 1 N–H and O–H groups in total. The molecule has 18 heavy (non-hydrogen) atoms. The van der Waals surface area contributed by atoms with Gasteiger partial charge in [-0.25, -0.2) is 0 Å². The summed E-state index contributed by atoms with van der Waals surface area (Å²) in [6, 6.07) is 0. The highest BCUT2D eigenvalue weighted by molar-refractivity contribution is 6.34. The highest BCUT2D eigenvalue weighted by atomic mass is 16.5. The molecule has 0 aromatic heterocycles. The maximum absolute atomic E-state index is 9.91. The van der Waals surface area contributed by atoms with Crippen LogP contribution >= 0.6 is 0 Å². The molecule has 0 aromatic rings. The first-order valence-corrected chi connectivity index (χ1v) is 6.51. The van der Waals surface area contributed by atoms with Crippen molar-refractivity contribution in [3.05, 3.63) is 12.1 Å². The molecule has 0 saturated carbocycles. The number of hydrogen-bond acceptors (Lipinski definition) is 4.